The molecule has 0 fully saturated rings. The molecule has 0 N–H and O–H groups in total. The van der Waals surface area contributed by atoms with Crippen LogP contribution < -0.4 is 6.54 Å². The Morgan fingerprint density at radius 2 is 0.891 bits per heavy atom. The predicted octanol–water partition coefficient (Wildman–Crippen LogP) is 10.3. The molecule has 0 amide bonds. The maximum Gasteiger partial charge on any atom is -0.147 e. The molecule has 0 bridgehead atoms. The van der Waals surface area contributed by atoms with Crippen molar-refractivity contribution in [2.24, 2.45) is 0 Å². The van der Waals surface area contributed by atoms with Gasteiger partial charge >= 0.3 is 263 Å². The van der Waals surface area contributed by atoms with Gasteiger partial charge in [-0.05, 0) is 0 Å². The summed E-state index contributed by atoms with van der Waals surface area (Å²) in [5.74, 6) is 0. The molecule has 0 atom stereocenters. The first-order valence-electron chi connectivity index (χ1n) is 16.1. The second-order valence-corrected chi connectivity index (χ2v) is 43.3. The van der Waals surface area contributed by atoms with Gasteiger partial charge in [-0.15, -0.1) is 24.8 Å². The molecule has 4 aliphatic carbocycles. The molecule has 6 aromatic rings. The van der Waals surface area contributed by atoms with Crippen molar-refractivity contribution in [1.29, 1.82) is 0 Å². The standard InChI is InChI=1S/2C20H13.2CH3.2ClH.H2Si.Zr/c2*1-12-10-14-8-9-16-15-6-2-4-13-5-3-7-17(19(13)15)20(16)18(14)11-12;;;;;;/h2*2-7,9-10H,11H2,1H3;2*1H3;2*1H;1H2;. The number of rotatable bonds is 2. The molecule has 0 aromatic heterocycles. The van der Waals surface area contributed by atoms with E-state index < -0.39 is 17.4 Å². The fourth-order valence-corrected chi connectivity index (χ4v) is 21.9. The third-order valence-corrected chi connectivity index (χ3v) is 26.3. The van der Waals surface area contributed by atoms with Crippen LogP contribution in [0.3, 0.4) is 0 Å². The molecule has 46 heavy (non-hydrogen) atoms. The minimum Gasteiger partial charge on any atom is -0.147 e. The zero-order chi connectivity index (χ0) is 29.7. The summed E-state index contributed by atoms with van der Waals surface area (Å²) in [4.78, 5) is 0. The van der Waals surface area contributed by atoms with Gasteiger partial charge in [-0.2, -0.15) is 0 Å². The van der Waals surface area contributed by atoms with Crippen molar-refractivity contribution in [1.82, 2.24) is 0 Å². The quantitative estimate of drug-likeness (QED) is 0.155. The van der Waals surface area contributed by atoms with Crippen LogP contribution in [0.5, 0.6) is 0 Å². The van der Waals surface area contributed by atoms with Crippen LogP contribution >= 0.6 is 24.8 Å². The summed E-state index contributed by atoms with van der Waals surface area (Å²) in [6, 6.07) is 33.0. The van der Waals surface area contributed by atoms with Crippen LogP contribution in [0.4, 0.5) is 0 Å². The Bertz CT molecular complexity index is 2360. The first-order valence-corrected chi connectivity index (χ1v) is 29.3. The summed E-state index contributed by atoms with van der Waals surface area (Å²) in [5.41, 5.74) is 20.8. The Hall–Kier alpha value is -3.00. The van der Waals surface area contributed by atoms with Crippen LogP contribution in [0.2, 0.25) is 9.26 Å². The van der Waals surface area contributed by atoms with Crippen molar-refractivity contribution in [2.75, 3.05) is 0 Å². The molecular weight excluding hydrogens is 695 g/mol. The molecule has 0 radical (unpaired) electrons. The second kappa shape index (κ2) is 9.77. The van der Waals surface area contributed by atoms with Gasteiger partial charge in [0, 0.05) is 0 Å². The van der Waals surface area contributed by atoms with Crippen molar-refractivity contribution in [3.05, 3.63) is 118 Å². The van der Waals surface area contributed by atoms with Crippen LogP contribution in [0.1, 0.15) is 36.1 Å². The van der Waals surface area contributed by atoms with Gasteiger partial charge in [-0.25, -0.2) is 0 Å². The van der Waals surface area contributed by atoms with Gasteiger partial charge < -0.3 is 0 Å². The van der Waals surface area contributed by atoms with Gasteiger partial charge in [0.25, 0.3) is 0 Å². The van der Waals surface area contributed by atoms with Crippen molar-refractivity contribution in [3.63, 3.8) is 0 Å². The van der Waals surface area contributed by atoms with Gasteiger partial charge in [-0.3, -0.25) is 0 Å². The summed E-state index contributed by atoms with van der Waals surface area (Å²) < 4.78 is 8.76. The van der Waals surface area contributed by atoms with Crippen LogP contribution in [0.25, 0.3) is 78.2 Å². The number of hydrogen-bond donors (Lipinski definition) is 0. The van der Waals surface area contributed by atoms with E-state index in [2.05, 4.69) is 127 Å². The topological polar surface area (TPSA) is 0 Å². The van der Waals surface area contributed by atoms with Crippen LogP contribution in [0, 0.1) is 0 Å². The minimum atomic E-state index is -3.88. The minimum absolute atomic E-state index is 0. The molecule has 0 nitrogen and oxygen atoms in total. The molecule has 226 valence electrons. The maximum absolute atomic E-state index is 3.88. The molecule has 0 saturated carbocycles. The van der Waals surface area contributed by atoms with Gasteiger partial charge in [0.1, 0.15) is 0 Å². The monoisotopic (exact) mass is 728 g/mol. The molecule has 6 aromatic carbocycles. The normalized spacial score (nSPS) is 14.7. The van der Waals surface area contributed by atoms with E-state index in [4.69, 9.17) is 0 Å². The second-order valence-electron chi connectivity index (χ2n) is 14.9. The van der Waals surface area contributed by atoms with Gasteiger partial charge in [0.05, 0.1) is 0 Å². The Morgan fingerprint density at radius 1 is 0.522 bits per heavy atom. The van der Waals surface area contributed by atoms with E-state index in [1.54, 1.807) is 17.7 Å². The fourth-order valence-electron chi connectivity index (χ4n) is 9.42. The average Bonchev–Trinajstić information content (AvgIpc) is 3.74. The zero-order valence-corrected chi connectivity index (χ0v) is 32.2. The van der Waals surface area contributed by atoms with Gasteiger partial charge in [0.15, 0.2) is 0 Å². The number of hydrogen-bond acceptors (Lipinski definition) is 0. The van der Waals surface area contributed by atoms with E-state index >= 15 is 0 Å². The molecule has 10 rings (SSSR count). The summed E-state index contributed by atoms with van der Waals surface area (Å²) in [5, 5.41) is 5.60. The average molecular weight is 731 g/mol. The summed E-state index contributed by atoms with van der Waals surface area (Å²) in [6.07, 6.45) is 7.22. The van der Waals surface area contributed by atoms with Crippen molar-refractivity contribution >= 4 is 71.9 Å². The molecule has 0 saturated heterocycles. The smallest absolute Gasteiger partial charge is 0.147 e. The van der Waals surface area contributed by atoms with E-state index in [-0.39, 0.29) is 24.8 Å². The number of allylic oxidation sites excluding steroid dienone is 2. The Labute approximate surface area is 285 Å². The van der Waals surface area contributed by atoms with Crippen molar-refractivity contribution < 1.29 is 17.4 Å². The predicted molar refractivity (Wildman–Crippen MR) is 206 cm³/mol. The van der Waals surface area contributed by atoms with E-state index in [1.165, 1.54) is 88.3 Å². The summed E-state index contributed by atoms with van der Waals surface area (Å²) >= 11 is -3.88. The van der Waals surface area contributed by atoms with Crippen molar-refractivity contribution in [2.45, 2.75) is 36.0 Å². The number of benzene rings is 6. The zero-order valence-electron chi connectivity index (χ0n) is 26.7. The van der Waals surface area contributed by atoms with Gasteiger partial charge in [-0.1, -0.05) is 0 Å². The van der Waals surface area contributed by atoms with Crippen LogP contribution in [0.15, 0.2) is 96.1 Å². The SMILES string of the molecule is CC1=Cc2[c]([Zr]([CH3])([CH3])(=[SiH2])[c]3cc4c(c5c3C=C(C)C5)-c3cccc5cccc-4c35)cc3c(c2C1)-c1cccc2cccc-3c12.Cl.Cl. The fraction of sp³-hybridized carbons (Fsp3) is 0.143. The maximum atomic E-state index is 2.72. The first kappa shape index (κ1) is 30.3. The molecular formula is C42H36Cl2SiZr. The van der Waals surface area contributed by atoms with E-state index in [1.807, 2.05) is 0 Å². The summed E-state index contributed by atoms with van der Waals surface area (Å²) in [7, 11) is 0. The molecule has 4 aliphatic rings. The Kier molecular flexibility index (Phi) is 6.45. The van der Waals surface area contributed by atoms with Crippen LogP contribution in [-0.4, -0.2) is 6.88 Å². The van der Waals surface area contributed by atoms with E-state index in [9.17, 15) is 0 Å². The molecule has 0 aliphatic heterocycles. The third-order valence-electron chi connectivity index (χ3n) is 11.3. The molecule has 0 spiro atoms. The van der Waals surface area contributed by atoms with Crippen molar-refractivity contribution in [3.8, 4) is 44.5 Å². The van der Waals surface area contributed by atoms with Gasteiger partial charge in [0.2, 0.25) is 0 Å². The Balaban J connectivity index is 0.00000156. The Morgan fingerprint density at radius 3 is 1.28 bits per heavy atom. The largest absolute Gasteiger partial charge is 0.147 e. The van der Waals surface area contributed by atoms with E-state index in [0.717, 1.165) is 12.8 Å². The van der Waals surface area contributed by atoms with E-state index in [0.29, 0.717) is 0 Å². The molecule has 4 heteroatoms. The number of halogens is 2. The van der Waals surface area contributed by atoms with Crippen LogP contribution in [-0.2, 0) is 30.2 Å². The third kappa shape index (κ3) is 3.71. The summed E-state index contributed by atoms with van der Waals surface area (Å²) in [6.45, 7) is 7.08. The molecule has 0 heterocycles. The number of fused-ring (bicyclic) bond motifs is 10. The first-order chi connectivity index (χ1) is 21.2. The molecule has 0 unspecified atom stereocenters.